The van der Waals surface area contributed by atoms with Crippen LogP contribution in [-0.2, 0) is 0 Å². The molecule has 0 aliphatic heterocycles. The van der Waals surface area contributed by atoms with Gasteiger partial charge in [-0.25, -0.2) is 0 Å². The van der Waals surface area contributed by atoms with E-state index in [1.54, 1.807) is 0 Å². The summed E-state index contributed by atoms with van der Waals surface area (Å²) in [6, 6.07) is 2.60. The Hall–Kier alpha value is -1.69. The Balaban J connectivity index is 2.36. The first kappa shape index (κ1) is 13.4. The standard InChI is InChI=1S/C14H19NO2/c1-2-3-4-5-6-7-8-9-12-10-13(16)11-14(17)15-12/h10-11H,2-7H2,1H3,(H2,15,16,17). The van der Waals surface area contributed by atoms with E-state index < -0.39 is 0 Å². The zero-order valence-electron chi connectivity index (χ0n) is 10.3. The normalized spacial score (nSPS) is 9.71. The molecule has 3 nitrogen and oxygen atoms in total. The van der Waals surface area contributed by atoms with Crippen LogP contribution >= 0.6 is 0 Å². The number of aromatic nitrogens is 1. The highest BCUT2D eigenvalue weighted by molar-refractivity contribution is 5.32. The molecule has 0 aliphatic rings. The fraction of sp³-hybridized carbons (Fsp3) is 0.500. The van der Waals surface area contributed by atoms with E-state index in [0.29, 0.717) is 5.69 Å². The predicted octanol–water partition coefficient (Wildman–Crippen LogP) is 2.79. The van der Waals surface area contributed by atoms with Crippen LogP contribution in [0.2, 0.25) is 0 Å². The van der Waals surface area contributed by atoms with Gasteiger partial charge in [0, 0.05) is 18.6 Å². The number of unbranched alkanes of at least 4 members (excludes halogenated alkanes) is 5. The highest BCUT2D eigenvalue weighted by Crippen LogP contribution is 2.05. The van der Waals surface area contributed by atoms with Crippen molar-refractivity contribution in [2.24, 2.45) is 0 Å². The van der Waals surface area contributed by atoms with E-state index >= 15 is 0 Å². The van der Waals surface area contributed by atoms with Crippen molar-refractivity contribution in [1.29, 1.82) is 0 Å². The first-order chi connectivity index (χ1) is 8.22. The number of aromatic hydroxyl groups is 1. The number of rotatable bonds is 5. The zero-order valence-corrected chi connectivity index (χ0v) is 10.3. The maximum Gasteiger partial charge on any atom is 0.252 e. The highest BCUT2D eigenvalue weighted by Gasteiger charge is 1.93. The van der Waals surface area contributed by atoms with Gasteiger partial charge in [-0.2, -0.15) is 0 Å². The van der Waals surface area contributed by atoms with Gasteiger partial charge in [-0.15, -0.1) is 0 Å². The van der Waals surface area contributed by atoms with Crippen LogP contribution in [0.25, 0.3) is 0 Å². The predicted molar refractivity (Wildman–Crippen MR) is 69.0 cm³/mol. The van der Waals surface area contributed by atoms with E-state index in [9.17, 15) is 9.90 Å². The number of H-pyrrole nitrogens is 1. The molecular weight excluding hydrogens is 214 g/mol. The summed E-state index contributed by atoms with van der Waals surface area (Å²) >= 11 is 0. The molecule has 17 heavy (non-hydrogen) atoms. The zero-order chi connectivity index (χ0) is 12.5. The molecule has 0 aliphatic carbocycles. The highest BCUT2D eigenvalue weighted by atomic mass is 16.3. The molecule has 0 radical (unpaired) electrons. The lowest BCUT2D eigenvalue weighted by Crippen LogP contribution is -2.04. The smallest absolute Gasteiger partial charge is 0.252 e. The Morgan fingerprint density at radius 2 is 2.00 bits per heavy atom. The van der Waals surface area contributed by atoms with Gasteiger partial charge in [-0.05, 0) is 12.3 Å². The largest absolute Gasteiger partial charge is 0.508 e. The quantitative estimate of drug-likeness (QED) is 0.607. The molecule has 1 heterocycles. The molecule has 2 N–H and O–H groups in total. The van der Waals surface area contributed by atoms with Gasteiger partial charge in [0.2, 0.25) is 0 Å². The molecule has 1 rings (SSSR count). The summed E-state index contributed by atoms with van der Waals surface area (Å²) < 4.78 is 0. The van der Waals surface area contributed by atoms with Crippen molar-refractivity contribution in [2.45, 2.75) is 45.4 Å². The molecule has 1 aromatic heterocycles. The van der Waals surface area contributed by atoms with Gasteiger partial charge >= 0.3 is 0 Å². The van der Waals surface area contributed by atoms with Crippen molar-refractivity contribution in [1.82, 2.24) is 4.98 Å². The average Bonchev–Trinajstić information content (AvgIpc) is 2.26. The molecule has 0 bridgehead atoms. The number of hydrogen-bond acceptors (Lipinski definition) is 2. The van der Waals surface area contributed by atoms with Crippen molar-refractivity contribution in [3.05, 3.63) is 28.2 Å². The molecule has 0 spiro atoms. The molecule has 3 heteroatoms. The van der Waals surface area contributed by atoms with Crippen molar-refractivity contribution >= 4 is 0 Å². The number of pyridine rings is 1. The van der Waals surface area contributed by atoms with E-state index in [-0.39, 0.29) is 11.3 Å². The van der Waals surface area contributed by atoms with Crippen molar-refractivity contribution < 1.29 is 5.11 Å². The molecular formula is C14H19NO2. The van der Waals surface area contributed by atoms with Gasteiger partial charge in [-0.1, -0.05) is 38.5 Å². The second-order valence-electron chi connectivity index (χ2n) is 4.08. The lowest BCUT2D eigenvalue weighted by atomic mass is 10.1. The van der Waals surface area contributed by atoms with Crippen LogP contribution in [0.15, 0.2) is 16.9 Å². The fourth-order valence-corrected chi connectivity index (χ4v) is 1.57. The van der Waals surface area contributed by atoms with Crippen LogP contribution in [0, 0.1) is 11.8 Å². The summed E-state index contributed by atoms with van der Waals surface area (Å²) in [5, 5.41) is 9.21. The van der Waals surface area contributed by atoms with E-state index in [4.69, 9.17) is 0 Å². The first-order valence-electron chi connectivity index (χ1n) is 6.14. The Morgan fingerprint density at radius 1 is 1.24 bits per heavy atom. The lowest BCUT2D eigenvalue weighted by Gasteiger charge is -1.95. The Bertz CT molecular complexity index is 451. The summed E-state index contributed by atoms with van der Waals surface area (Å²) in [5.41, 5.74) is 0.154. The topological polar surface area (TPSA) is 53.1 Å². The van der Waals surface area contributed by atoms with Gasteiger partial charge in [0.25, 0.3) is 5.56 Å². The molecule has 0 atom stereocenters. The minimum Gasteiger partial charge on any atom is -0.508 e. The number of hydrogen-bond donors (Lipinski definition) is 2. The van der Waals surface area contributed by atoms with Crippen LogP contribution < -0.4 is 5.56 Å². The van der Waals surface area contributed by atoms with E-state index in [1.807, 2.05) is 0 Å². The summed E-state index contributed by atoms with van der Waals surface area (Å²) in [5.74, 6) is 5.81. The molecule has 0 aromatic carbocycles. The van der Waals surface area contributed by atoms with Crippen LogP contribution in [-0.4, -0.2) is 10.1 Å². The van der Waals surface area contributed by atoms with Crippen LogP contribution in [0.4, 0.5) is 0 Å². The Kier molecular flexibility index (Phi) is 5.95. The average molecular weight is 233 g/mol. The SMILES string of the molecule is CCCCCCCC#Cc1cc(O)cc(=O)[nH]1. The monoisotopic (exact) mass is 233 g/mol. The van der Waals surface area contributed by atoms with Gasteiger partial charge in [0.05, 0.1) is 5.69 Å². The van der Waals surface area contributed by atoms with Crippen LogP contribution in [0.3, 0.4) is 0 Å². The first-order valence-corrected chi connectivity index (χ1v) is 6.14. The fourth-order valence-electron chi connectivity index (χ4n) is 1.57. The molecule has 0 amide bonds. The number of aromatic amines is 1. The second kappa shape index (κ2) is 7.56. The van der Waals surface area contributed by atoms with Crippen LogP contribution in [0.1, 0.15) is 51.1 Å². The molecule has 92 valence electrons. The third kappa shape index (κ3) is 5.82. The molecule has 1 aromatic rings. The summed E-state index contributed by atoms with van der Waals surface area (Å²) in [4.78, 5) is 13.6. The van der Waals surface area contributed by atoms with Gasteiger partial charge in [-0.3, -0.25) is 4.79 Å². The molecule has 0 saturated carbocycles. The Labute approximate surface area is 102 Å². The van der Waals surface area contributed by atoms with Gasteiger partial charge in [0.1, 0.15) is 5.75 Å². The maximum absolute atomic E-state index is 11.0. The lowest BCUT2D eigenvalue weighted by molar-refractivity contribution is 0.473. The summed E-state index contributed by atoms with van der Waals surface area (Å²) in [7, 11) is 0. The van der Waals surface area contributed by atoms with E-state index in [2.05, 4.69) is 23.7 Å². The summed E-state index contributed by atoms with van der Waals surface area (Å²) in [6.07, 6.45) is 6.93. The maximum atomic E-state index is 11.0. The van der Waals surface area contributed by atoms with Gasteiger partial charge < -0.3 is 10.1 Å². The summed E-state index contributed by atoms with van der Waals surface area (Å²) in [6.45, 7) is 2.19. The van der Waals surface area contributed by atoms with Crippen molar-refractivity contribution in [2.75, 3.05) is 0 Å². The third-order valence-corrected chi connectivity index (χ3v) is 2.46. The van der Waals surface area contributed by atoms with Crippen LogP contribution in [0.5, 0.6) is 5.75 Å². The molecule has 0 unspecified atom stereocenters. The van der Waals surface area contributed by atoms with Crippen molar-refractivity contribution in [3.63, 3.8) is 0 Å². The van der Waals surface area contributed by atoms with E-state index in [1.165, 1.54) is 31.7 Å². The minimum atomic E-state index is -0.322. The second-order valence-corrected chi connectivity index (χ2v) is 4.08. The molecule has 0 saturated heterocycles. The number of nitrogens with one attached hydrogen (secondary N) is 1. The minimum absolute atomic E-state index is 0.0407. The van der Waals surface area contributed by atoms with Crippen molar-refractivity contribution in [3.8, 4) is 17.6 Å². The molecule has 0 fully saturated rings. The Morgan fingerprint density at radius 3 is 2.71 bits per heavy atom. The van der Waals surface area contributed by atoms with Gasteiger partial charge in [0.15, 0.2) is 0 Å². The van der Waals surface area contributed by atoms with E-state index in [0.717, 1.165) is 18.9 Å². The third-order valence-electron chi connectivity index (χ3n) is 2.46.